The molecule has 0 atom stereocenters. The summed E-state index contributed by atoms with van der Waals surface area (Å²) in [5, 5.41) is 8.78. The molecule has 0 heterocycles. The molecule has 0 unspecified atom stereocenters. The Morgan fingerprint density at radius 2 is 2.05 bits per heavy atom. The van der Waals surface area contributed by atoms with Crippen LogP contribution in [0, 0.1) is 23.2 Å². The second kappa shape index (κ2) is 5.92. The Labute approximate surface area is 107 Å². The number of esters is 1. The normalized spacial score (nSPS) is 10.1. The van der Waals surface area contributed by atoms with Crippen LogP contribution in [0.3, 0.4) is 0 Å². The van der Waals surface area contributed by atoms with Crippen molar-refractivity contribution in [3.05, 3.63) is 34.9 Å². The van der Waals surface area contributed by atoms with Gasteiger partial charge in [-0.05, 0) is 18.2 Å². The molecule has 0 aliphatic carbocycles. The molecule has 0 N–H and O–H groups in total. The Hall–Kier alpha value is -2.47. The first-order valence-electron chi connectivity index (χ1n) is 5.05. The van der Waals surface area contributed by atoms with Crippen LogP contribution >= 0.6 is 0 Å². The zero-order chi connectivity index (χ0) is 14.5. The molecule has 1 rings (SSSR count). The molecule has 0 aromatic heterocycles. The number of hydrogen-bond donors (Lipinski definition) is 0. The summed E-state index contributed by atoms with van der Waals surface area (Å²) in [6.07, 6.45) is -4.76. The van der Waals surface area contributed by atoms with Gasteiger partial charge >= 0.3 is 12.1 Å². The second-order valence-electron chi connectivity index (χ2n) is 3.42. The van der Waals surface area contributed by atoms with E-state index in [1.807, 2.05) is 0 Å². The van der Waals surface area contributed by atoms with Gasteiger partial charge in [0.15, 0.2) is 0 Å². The van der Waals surface area contributed by atoms with E-state index in [0.29, 0.717) is 0 Å². The van der Waals surface area contributed by atoms with Crippen LogP contribution in [-0.2, 0) is 15.7 Å². The molecular formula is C13H8F3NO2. The van der Waals surface area contributed by atoms with Gasteiger partial charge in [0.25, 0.3) is 0 Å². The van der Waals surface area contributed by atoms with Gasteiger partial charge in [0.2, 0.25) is 0 Å². The number of nitriles is 1. The Bertz CT molecular complexity index is 589. The average Bonchev–Trinajstić information content (AvgIpc) is 2.37. The molecule has 19 heavy (non-hydrogen) atoms. The largest absolute Gasteiger partial charge is 0.468 e. The highest BCUT2D eigenvalue weighted by atomic mass is 19.4. The highest BCUT2D eigenvalue weighted by molar-refractivity contribution is 5.72. The van der Waals surface area contributed by atoms with Gasteiger partial charge < -0.3 is 4.74 Å². The van der Waals surface area contributed by atoms with Gasteiger partial charge in [-0.15, -0.1) is 0 Å². The van der Waals surface area contributed by atoms with E-state index in [1.54, 1.807) is 6.07 Å². The Kier molecular flexibility index (Phi) is 4.55. The number of methoxy groups -OCH3 is 1. The van der Waals surface area contributed by atoms with Gasteiger partial charge in [-0.25, -0.2) is 0 Å². The number of carbonyl (C=O) groups is 1. The zero-order valence-corrected chi connectivity index (χ0v) is 9.84. The van der Waals surface area contributed by atoms with E-state index < -0.39 is 17.7 Å². The molecule has 0 amide bonds. The highest BCUT2D eigenvalue weighted by Crippen LogP contribution is 2.30. The van der Waals surface area contributed by atoms with Crippen molar-refractivity contribution < 1.29 is 22.7 Å². The number of nitrogens with zero attached hydrogens (tertiary/aromatic N) is 1. The molecular weight excluding hydrogens is 259 g/mol. The fraction of sp³-hybridized carbons (Fsp3) is 0.231. The quantitative estimate of drug-likeness (QED) is 0.580. The van der Waals surface area contributed by atoms with Gasteiger partial charge in [0, 0.05) is 5.56 Å². The van der Waals surface area contributed by atoms with Crippen molar-refractivity contribution in [3.63, 3.8) is 0 Å². The third kappa shape index (κ3) is 4.04. The number of benzene rings is 1. The number of rotatable bonds is 1. The molecule has 1 aromatic rings. The van der Waals surface area contributed by atoms with E-state index in [-0.39, 0.29) is 17.5 Å². The van der Waals surface area contributed by atoms with Crippen molar-refractivity contribution in [1.29, 1.82) is 5.26 Å². The molecule has 0 spiro atoms. The molecule has 0 saturated heterocycles. The molecule has 0 radical (unpaired) electrons. The summed E-state index contributed by atoms with van der Waals surface area (Å²) >= 11 is 0. The minimum absolute atomic E-state index is 0.0189. The third-order valence-electron chi connectivity index (χ3n) is 2.15. The van der Waals surface area contributed by atoms with Gasteiger partial charge in [0.1, 0.15) is 12.5 Å². The summed E-state index contributed by atoms with van der Waals surface area (Å²) in [7, 11) is 1.18. The number of alkyl halides is 3. The van der Waals surface area contributed by atoms with Crippen molar-refractivity contribution in [3.8, 4) is 17.9 Å². The number of ether oxygens (including phenoxy) is 1. The van der Waals surface area contributed by atoms with Gasteiger partial charge in [0.05, 0.1) is 18.2 Å². The van der Waals surface area contributed by atoms with Crippen LogP contribution in [0.25, 0.3) is 0 Å². The van der Waals surface area contributed by atoms with Crippen molar-refractivity contribution in [2.24, 2.45) is 0 Å². The van der Waals surface area contributed by atoms with Gasteiger partial charge in [-0.3, -0.25) is 4.79 Å². The molecule has 98 valence electrons. The first-order valence-corrected chi connectivity index (χ1v) is 5.05. The van der Waals surface area contributed by atoms with Crippen molar-refractivity contribution in [2.75, 3.05) is 7.11 Å². The predicted molar refractivity (Wildman–Crippen MR) is 59.7 cm³/mol. The Balaban J connectivity index is 3.11. The maximum absolute atomic E-state index is 12.5. The molecule has 0 saturated carbocycles. The van der Waals surface area contributed by atoms with Crippen LogP contribution in [0.15, 0.2) is 18.2 Å². The maximum atomic E-state index is 12.5. The lowest BCUT2D eigenvalue weighted by molar-refractivity contribution is -0.139. The van der Waals surface area contributed by atoms with Crippen LogP contribution in [-0.4, -0.2) is 13.1 Å². The molecule has 0 aliphatic rings. The predicted octanol–water partition coefficient (Wildman–Crippen LogP) is 2.49. The Morgan fingerprint density at radius 1 is 1.37 bits per heavy atom. The van der Waals surface area contributed by atoms with E-state index >= 15 is 0 Å². The van der Waals surface area contributed by atoms with Crippen molar-refractivity contribution in [1.82, 2.24) is 0 Å². The fourth-order valence-electron chi connectivity index (χ4n) is 1.21. The minimum atomic E-state index is -4.51. The average molecular weight is 267 g/mol. The second-order valence-corrected chi connectivity index (χ2v) is 3.42. The van der Waals surface area contributed by atoms with E-state index in [2.05, 4.69) is 16.6 Å². The maximum Gasteiger partial charge on any atom is 0.416 e. The SMILES string of the molecule is COC(=O)CC#Cc1cc(C(F)(F)F)ccc1C#N. The van der Waals surface area contributed by atoms with E-state index in [9.17, 15) is 18.0 Å². The lowest BCUT2D eigenvalue weighted by Gasteiger charge is -2.07. The molecule has 3 nitrogen and oxygen atoms in total. The summed E-state index contributed by atoms with van der Waals surface area (Å²) in [5.41, 5.74) is -0.944. The molecule has 0 bridgehead atoms. The number of carbonyl (C=O) groups excluding carboxylic acids is 1. The smallest absolute Gasteiger partial charge is 0.416 e. The molecule has 1 aromatic carbocycles. The topological polar surface area (TPSA) is 50.1 Å². The van der Waals surface area contributed by atoms with Crippen LogP contribution in [0.2, 0.25) is 0 Å². The summed E-state index contributed by atoms with van der Waals surface area (Å²) in [4.78, 5) is 10.8. The fourth-order valence-corrected chi connectivity index (χ4v) is 1.21. The van der Waals surface area contributed by atoms with E-state index in [4.69, 9.17) is 5.26 Å². The lowest BCUT2D eigenvalue weighted by Crippen LogP contribution is -2.05. The molecule has 0 fully saturated rings. The van der Waals surface area contributed by atoms with Crippen molar-refractivity contribution >= 4 is 5.97 Å². The number of hydrogen-bond acceptors (Lipinski definition) is 3. The van der Waals surface area contributed by atoms with E-state index in [1.165, 1.54) is 7.11 Å². The van der Waals surface area contributed by atoms with Crippen molar-refractivity contribution in [2.45, 2.75) is 12.6 Å². The molecule has 0 aliphatic heterocycles. The summed E-state index contributed by atoms with van der Waals surface area (Å²) in [6.45, 7) is 0. The lowest BCUT2D eigenvalue weighted by atomic mass is 10.0. The zero-order valence-electron chi connectivity index (χ0n) is 9.84. The van der Waals surface area contributed by atoms with Crippen LogP contribution in [0.1, 0.15) is 23.1 Å². The monoisotopic (exact) mass is 267 g/mol. The van der Waals surface area contributed by atoms with Crippen LogP contribution in [0.5, 0.6) is 0 Å². The van der Waals surface area contributed by atoms with Crippen LogP contribution in [0.4, 0.5) is 13.2 Å². The summed E-state index contributed by atoms with van der Waals surface area (Å²) < 4.78 is 41.8. The van der Waals surface area contributed by atoms with Crippen LogP contribution < -0.4 is 0 Å². The summed E-state index contributed by atoms with van der Waals surface area (Å²) in [6, 6.07) is 4.38. The Morgan fingerprint density at radius 3 is 2.58 bits per heavy atom. The first-order chi connectivity index (χ1) is 8.88. The number of halogens is 3. The van der Waals surface area contributed by atoms with Gasteiger partial charge in [-0.1, -0.05) is 11.8 Å². The van der Waals surface area contributed by atoms with E-state index in [0.717, 1.165) is 18.2 Å². The molecule has 6 heteroatoms. The van der Waals surface area contributed by atoms with Gasteiger partial charge in [-0.2, -0.15) is 18.4 Å². The highest BCUT2D eigenvalue weighted by Gasteiger charge is 2.30. The minimum Gasteiger partial charge on any atom is -0.468 e. The standard InChI is InChI=1S/C13H8F3NO2/c1-19-12(18)4-2-3-9-7-11(13(14,15)16)6-5-10(9)8-17/h5-7H,4H2,1H3. The first kappa shape index (κ1) is 14.6. The summed E-state index contributed by atoms with van der Waals surface area (Å²) in [5.74, 6) is 4.13. The third-order valence-corrected chi connectivity index (χ3v) is 2.15.